The largest absolute Gasteiger partial charge is 0.508 e. The normalized spacial score (nSPS) is 12.6. The molecule has 0 bridgehead atoms. The van der Waals surface area contributed by atoms with E-state index in [9.17, 15) is 19.5 Å². The molecule has 0 heterocycles. The summed E-state index contributed by atoms with van der Waals surface area (Å²) in [7, 11) is 0. The Morgan fingerprint density at radius 2 is 1.59 bits per heavy atom. The van der Waals surface area contributed by atoms with E-state index in [1.807, 2.05) is 44.2 Å². The molecule has 2 aromatic carbocycles. The molecule has 0 spiro atoms. The first-order valence-corrected chi connectivity index (χ1v) is 11.0. The van der Waals surface area contributed by atoms with Crippen molar-refractivity contribution in [2.75, 3.05) is 5.88 Å². The zero-order valence-electron chi connectivity index (χ0n) is 18.2. The summed E-state index contributed by atoms with van der Waals surface area (Å²) < 4.78 is 5.20. The molecule has 7 nitrogen and oxygen atoms in total. The minimum absolute atomic E-state index is 0.0104. The third-order valence-corrected chi connectivity index (χ3v) is 5.00. The van der Waals surface area contributed by atoms with Gasteiger partial charge in [0.1, 0.15) is 18.4 Å². The highest BCUT2D eigenvalue weighted by Gasteiger charge is 2.27. The fourth-order valence-electron chi connectivity index (χ4n) is 3.09. The van der Waals surface area contributed by atoms with E-state index < -0.39 is 24.1 Å². The number of halogens is 1. The summed E-state index contributed by atoms with van der Waals surface area (Å²) in [5.41, 5.74) is 1.58. The summed E-state index contributed by atoms with van der Waals surface area (Å²) in [5, 5.41) is 14.6. The number of hydrogen-bond acceptors (Lipinski definition) is 5. The first-order valence-electron chi connectivity index (χ1n) is 10.4. The van der Waals surface area contributed by atoms with Gasteiger partial charge in [-0.3, -0.25) is 9.59 Å². The predicted molar refractivity (Wildman–Crippen MR) is 122 cm³/mol. The van der Waals surface area contributed by atoms with Gasteiger partial charge in [0.15, 0.2) is 5.78 Å². The van der Waals surface area contributed by atoms with Crippen molar-refractivity contribution in [3.05, 3.63) is 65.7 Å². The van der Waals surface area contributed by atoms with E-state index in [0.717, 1.165) is 5.56 Å². The molecule has 172 valence electrons. The molecule has 0 saturated carbocycles. The molecule has 8 heteroatoms. The van der Waals surface area contributed by atoms with Crippen LogP contribution in [-0.2, 0) is 27.4 Å². The highest BCUT2D eigenvalue weighted by molar-refractivity contribution is 6.28. The Bertz CT molecular complexity index is 887. The molecule has 0 aliphatic carbocycles. The lowest BCUT2D eigenvalue weighted by atomic mass is 10.00. The number of phenolic OH excluding ortho intramolecular Hbond substituents is 1. The molecule has 0 radical (unpaired) electrons. The second-order valence-corrected chi connectivity index (χ2v) is 8.19. The van der Waals surface area contributed by atoms with Crippen LogP contribution in [0.1, 0.15) is 31.4 Å². The quantitative estimate of drug-likeness (QED) is 0.444. The van der Waals surface area contributed by atoms with Gasteiger partial charge in [0.05, 0.1) is 11.9 Å². The summed E-state index contributed by atoms with van der Waals surface area (Å²) in [5.74, 6) is -0.779. The molecule has 0 saturated heterocycles. The highest BCUT2D eigenvalue weighted by Crippen LogP contribution is 2.12. The fourth-order valence-corrected chi connectivity index (χ4v) is 3.27. The van der Waals surface area contributed by atoms with Gasteiger partial charge in [-0.05, 0) is 42.0 Å². The van der Waals surface area contributed by atoms with Crippen molar-refractivity contribution in [1.29, 1.82) is 0 Å². The average molecular weight is 461 g/mol. The number of carbonyl (C=O) groups is 3. The smallest absolute Gasteiger partial charge is 0.408 e. The molecule has 2 rings (SSSR count). The number of benzene rings is 2. The van der Waals surface area contributed by atoms with Gasteiger partial charge in [0, 0.05) is 0 Å². The molecular formula is C24H29ClN2O5. The maximum absolute atomic E-state index is 12.9. The Labute approximate surface area is 193 Å². The van der Waals surface area contributed by atoms with E-state index in [-0.39, 0.29) is 29.9 Å². The van der Waals surface area contributed by atoms with Crippen molar-refractivity contribution in [3.63, 3.8) is 0 Å². The van der Waals surface area contributed by atoms with E-state index in [4.69, 9.17) is 16.3 Å². The summed E-state index contributed by atoms with van der Waals surface area (Å²) in [6.45, 7) is 3.84. The maximum Gasteiger partial charge on any atom is 0.408 e. The van der Waals surface area contributed by atoms with Gasteiger partial charge >= 0.3 is 6.09 Å². The number of alkyl halides is 1. The second-order valence-electron chi connectivity index (χ2n) is 7.92. The Hall–Kier alpha value is -3.06. The Kier molecular flexibility index (Phi) is 10.0. The number of aromatic hydroxyl groups is 1. The topological polar surface area (TPSA) is 105 Å². The third-order valence-electron chi connectivity index (χ3n) is 4.74. The second kappa shape index (κ2) is 12.7. The van der Waals surface area contributed by atoms with Crippen molar-refractivity contribution in [2.45, 2.75) is 45.4 Å². The Morgan fingerprint density at radius 3 is 2.19 bits per heavy atom. The number of phenols is 1. The lowest BCUT2D eigenvalue weighted by Crippen LogP contribution is -2.53. The van der Waals surface area contributed by atoms with Crippen molar-refractivity contribution >= 4 is 29.4 Å². The number of ketones is 1. The molecule has 2 amide bonds. The SMILES string of the molecule is CC(C)C[C@H](NC(=O)OCc1ccc(O)cc1)C(=O)N[C@@H](Cc1ccccc1)C(=O)CCl. The number of carbonyl (C=O) groups excluding carboxylic acids is 3. The standard InChI is InChI=1S/C24H29ClN2O5/c1-16(2)12-21(27-24(31)32-15-18-8-10-19(28)11-9-18)23(30)26-20(22(29)14-25)13-17-6-4-3-5-7-17/h3-11,16,20-21,28H,12-15H2,1-2H3,(H,26,30)(H,27,31)/t20-,21-/m0/s1. The molecule has 32 heavy (non-hydrogen) atoms. The van der Waals surface area contributed by atoms with Crippen molar-refractivity contribution < 1.29 is 24.2 Å². The van der Waals surface area contributed by atoms with Crippen LogP contribution in [0.25, 0.3) is 0 Å². The van der Waals surface area contributed by atoms with Crippen LogP contribution in [0.15, 0.2) is 54.6 Å². The van der Waals surface area contributed by atoms with Crippen LogP contribution in [0.4, 0.5) is 4.79 Å². The predicted octanol–water partition coefficient (Wildman–Crippen LogP) is 3.57. The Balaban J connectivity index is 2.01. The van der Waals surface area contributed by atoms with Crippen LogP contribution in [0.5, 0.6) is 5.75 Å². The molecule has 2 aromatic rings. The van der Waals surface area contributed by atoms with Gasteiger partial charge < -0.3 is 20.5 Å². The minimum atomic E-state index is -0.872. The molecule has 3 N–H and O–H groups in total. The Morgan fingerprint density at radius 1 is 0.938 bits per heavy atom. The monoisotopic (exact) mass is 460 g/mol. The van der Waals surface area contributed by atoms with Gasteiger partial charge in [-0.25, -0.2) is 4.79 Å². The van der Waals surface area contributed by atoms with Crippen LogP contribution in [-0.4, -0.2) is 40.9 Å². The molecule has 0 aliphatic rings. The summed E-state index contributed by atoms with van der Waals surface area (Å²) >= 11 is 5.75. The number of ether oxygens (including phenoxy) is 1. The molecule has 2 atom stereocenters. The van der Waals surface area contributed by atoms with E-state index in [1.165, 1.54) is 12.1 Å². The third kappa shape index (κ3) is 8.59. The van der Waals surface area contributed by atoms with Crippen molar-refractivity contribution in [3.8, 4) is 5.75 Å². The zero-order chi connectivity index (χ0) is 23.5. The highest BCUT2D eigenvalue weighted by atomic mass is 35.5. The van der Waals surface area contributed by atoms with Gasteiger partial charge in [0.2, 0.25) is 5.91 Å². The summed E-state index contributed by atoms with van der Waals surface area (Å²) in [4.78, 5) is 37.6. The van der Waals surface area contributed by atoms with Crippen molar-refractivity contribution in [1.82, 2.24) is 10.6 Å². The zero-order valence-corrected chi connectivity index (χ0v) is 19.0. The van der Waals surface area contributed by atoms with Crippen LogP contribution >= 0.6 is 11.6 Å². The average Bonchev–Trinajstić information content (AvgIpc) is 2.77. The summed E-state index contributed by atoms with van der Waals surface area (Å²) in [6, 6.07) is 13.9. The molecule has 0 aromatic heterocycles. The number of hydrogen-bond donors (Lipinski definition) is 3. The van der Waals surface area contributed by atoms with E-state index in [0.29, 0.717) is 18.4 Å². The number of amides is 2. The lowest BCUT2D eigenvalue weighted by molar-refractivity contribution is -0.128. The van der Waals surface area contributed by atoms with Crippen LogP contribution in [0.2, 0.25) is 0 Å². The molecule has 0 aliphatic heterocycles. The first-order chi connectivity index (χ1) is 15.3. The number of nitrogens with one attached hydrogen (secondary N) is 2. The van der Waals surface area contributed by atoms with Gasteiger partial charge in [-0.1, -0.05) is 56.3 Å². The van der Waals surface area contributed by atoms with Crippen molar-refractivity contribution in [2.24, 2.45) is 5.92 Å². The number of alkyl carbamates (subject to hydrolysis) is 1. The van der Waals surface area contributed by atoms with E-state index in [1.54, 1.807) is 12.1 Å². The fraction of sp³-hybridized carbons (Fsp3) is 0.375. The van der Waals surface area contributed by atoms with E-state index in [2.05, 4.69) is 10.6 Å². The number of Topliss-reactive ketones (excluding diaryl/α,β-unsaturated/α-hetero) is 1. The lowest BCUT2D eigenvalue weighted by Gasteiger charge is -2.23. The molecule has 0 fully saturated rings. The molecule has 0 unspecified atom stereocenters. The van der Waals surface area contributed by atoms with Crippen LogP contribution in [0, 0.1) is 5.92 Å². The summed E-state index contributed by atoms with van der Waals surface area (Å²) in [6.07, 6.45) is -0.0763. The van der Waals surface area contributed by atoms with Crippen LogP contribution < -0.4 is 10.6 Å². The molecular weight excluding hydrogens is 432 g/mol. The first kappa shape index (κ1) is 25.2. The van der Waals surface area contributed by atoms with Gasteiger partial charge in [-0.15, -0.1) is 11.6 Å². The van der Waals surface area contributed by atoms with E-state index >= 15 is 0 Å². The van der Waals surface area contributed by atoms with Crippen LogP contribution in [0.3, 0.4) is 0 Å². The number of rotatable bonds is 11. The maximum atomic E-state index is 12.9. The van der Waals surface area contributed by atoms with Gasteiger partial charge in [-0.2, -0.15) is 0 Å². The minimum Gasteiger partial charge on any atom is -0.508 e. The van der Waals surface area contributed by atoms with Gasteiger partial charge in [0.25, 0.3) is 0 Å².